The van der Waals surface area contributed by atoms with Gasteiger partial charge in [0.1, 0.15) is 5.75 Å². The van der Waals surface area contributed by atoms with Gasteiger partial charge in [0, 0.05) is 13.1 Å². The first-order valence-electron chi connectivity index (χ1n) is 6.36. The third kappa shape index (κ3) is 3.23. The second-order valence-electron chi connectivity index (χ2n) is 4.57. The van der Waals surface area contributed by atoms with Gasteiger partial charge in [-0.2, -0.15) is 0 Å². The Kier molecular flexibility index (Phi) is 4.20. The average Bonchev–Trinajstić information content (AvgIpc) is 2.83. The molecule has 0 spiro atoms. The smallest absolute Gasteiger partial charge is 0.260 e. The molecule has 1 aromatic carbocycles. The molecule has 4 nitrogen and oxygen atoms in total. The molecule has 98 valence electrons. The summed E-state index contributed by atoms with van der Waals surface area (Å²) in [6.07, 6.45) is 1.23. The number of aliphatic hydroxyl groups excluding tert-OH is 1. The van der Waals surface area contributed by atoms with Gasteiger partial charge in [-0.3, -0.25) is 4.79 Å². The Morgan fingerprint density at radius 1 is 1.56 bits per heavy atom. The fraction of sp³-hybridized carbons (Fsp3) is 0.500. The van der Waals surface area contributed by atoms with Crippen LogP contribution in [0, 0.1) is 0 Å². The number of hydrogen-bond acceptors (Lipinski definition) is 3. The molecule has 18 heavy (non-hydrogen) atoms. The van der Waals surface area contributed by atoms with Crippen molar-refractivity contribution in [2.24, 2.45) is 0 Å². The van der Waals surface area contributed by atoms with E-state index < -0.39 is 0 Å². The van der Waals surface area contributed by atoms with Crippen LogP contribution in [0.5, 0.6) is 5.75 Å². The van der Waals surface area contributed by atoms with Crippen LogP contribution in [0.1, 0.15) is 18.9 Å². The quantitative estimate of drug-likeness (QED) is 0.873. The molecule has 0 radical (unpaired) electrons. The van der Waals surface area contributed by atoms with E-state index >= 15 is 0 Å². The lowest BCUT2D eigenvalue weighted by molar-refractivity contribution is -0.132. The molecule has 1 heterocycles. The van der Waals surface area contributed by atoms with Gasteiger partial charge >= 0.3 is 0 Å². The minimum atomic E-state index is -0.377. The number of β-amino-alcohol motifs (C(OH)–C–C–N with tert-alkyl or cyclic N) is 1. The molecule has 1 amide bonds. The van der Waals surface area contributed by atoms with E-state index in [0.29, 0.717) is 19.5 Å². The Bertz CT molecular complexity index is 419. The average molecular weight is 249 g/mol. The normalized spacial score (nSPS) is 19.0. The van der Waals surface area contributed by atoms with Crippen LogP contribution in [-0.2, 0) is 11.2 Å². The Morgan fingerprint density at radius 2 is 2.39 bits per heavy atom. The van der Waals surface area contributed by atoms with Crippen molar-refractivity contribution in [1.29, 1.82) is 0 Å². The summed E-state index contributed by atoms with van der Waals surface area (Å²) < 4.78 is 5.49. The van der Waals surface area contributed by atoms with Crippen LogP contribution >= 0.6 is 0 Å². The monoisotopic (exact) mass is 249 g/mol. The first kappa shape index (κ1) is 12.9. The van der Waals surface area contributed by atoms with Crippen molar-refractivity contribution in [2.45, 2.75) is 25.9 Å². The van der Waals surface area contributed by atoms with E-state index in [1.165, 1.54) is 5.56 Å². The predicted molar refractivity (Wildman–Crippen MR) is 68.5 cm³/mol. The molecular formula is C14H19NO3. The van der Waals surface area contributed by atoms with E-state index in [0.717, 1.165) is 12.2 Å². The number of ether oxygens (including phenoxy) is 1. The molecular weight excluding hydrogens is 230 g/mol. The van der Waals surface area contributed by atoms with Crippen molar-refractivity contribution in [2.75, 3.05) is 19.7 Å². The summed E-state index contributed by atoms with van der Waals surface area (Å²) in [6.45, 7) is 3.17. The third-order valence-electron chi connectivity index (χ3n) is 3.19. The molecule has 1 fully saturated rings. The number of nitrogens with zero attached hydrogens (tertiary/aromatic N) is 1. The van der Waals surface area contributed by atoms with Gasteiger partial charge in [-0.25, -0.2) is 0 Å². The molecule has 0 unspecified atom stereocenters. The largest absolute Gasteiger partial charge is 0.484 e. The Morgan fingerprint density at radius 3 is 3.06 bits per heavy atom. The van der Waals surface area contributed by atoms with Crippen molar-refractivity contribution in [3.63, 3.8) is 0 Å². The van der Waals surface area contributed by atoms with E-state index in [4.69, 9.17) is 4.74 Å². The van der Waals surface area contributed by atoms with Gasteiger partial charge in [-0.05, 0) is 30.5 Å². The Balaban J connectivity index is 1.85. The van der Waals surface area contributed by atoms with Crippen LogP contribution in [0.4, 0.5) is 0 Å². The van der Waals surface area contributed by atoms with Crippen LogP contribution in [0.25, 0.3) is 0 Å². The first-order chi connectivity index (χ1) is 8.69. The molecule has 0 aliphatic carbocycles. The van der Waals surface area contributed by atoms with Crippen LogP contribution in [0.15, 0.2) is 24.3 Å². The van der Waals surface area contributed by atoms with Crippen LogP contribution < -0.4 is 4.74 Å². The summed E-state index contributed by atoms with van der Waals surface area (Å²) in [7, 11) is 0. The molecule has 0 saturated carbocycles. The summed E-state index contributed by atoms with van der Waals surface area (Å²) in [5, 5.41) is 9.37. The summed E-state index contributed by atoms with van der Waals surface area (Å²) >= 11 is 0. The zero-order valence-corrected chi connectivity index (χ0v) is 10.6. The molecule has 1 aliphatic heterocycles. The Hall–Kier alpha value is -1.55. The van der Waals surface area contributed by atoms with Crippen molar-refractivity contribution in [3.05, 3.63) is 29.8 Å². The van der Waals surface area contributed by atoms with Gasteiger partial charge in [0.25, 0.3) is 5.91 Å². The maximum Gasteiger partial charge on any atom is 0.260 e. The summed E-state index contributed by atoms with van der Waals surface area (Å²) in [5.74, 6) is 0.663. The fourth-order valence-corrected chi connectivity index (χ4v) is 2.06. The molecule has 0 aromatic heterocycles. The van der Waals surface area contributed by atoms with E-state index in [9.17, 15) is 9.90 Å². The molecule has 1 aliphatic rings. The van der Waals surface area contributed by atoms with Crippen LogP contribution in [0.3, 0.4) is 0 Å². The van der Waals surface area contributed by atoms with Gasteiger partial charge in [0.15, 0.2) is 6.61 Å². The molecule has 1 N–H and O–H groups in total. The number of amides is 1. The summed E-state index contributed by atoms with van der Waals surface area (Å²) in [5.41, 5.74) is 1.19. The van der Waals surface area contributed by atoms with E-state index in [1.54, 1.807) is 4.90 Å². The van der Waals surface area contributed by atoms with Crippen molar-refractivity contribution >= 4 is 5.91 Å². The number of carbonyl (C=O) groups excluding carboxylic acids is 1. The fourth-order valence-electron chi connectivity index (χ4n) is 2.06. The lowest BCUT2D eigenvalue weighted by atomic mass is 10.2. The molecule has 1 aromatic rings. The van der Waals surface area contributed by atoms with Crippen LogP contribution in [-0.4, -0.2) is 41.7 Å². The highest BCUT2D eigenvalue weighted by Crippen LogP contribution is 2.14. The zero-order valence-electron chi connectivity index (χ0n) is 10.6. The number of aliphatic hydroxyl groups is 1. The lowest BCUT2D eigenvalue weighted by Crippen LogP contribution is -2.33. The SMILES string of the molecule is CCc1cccc(OCC(=O)N2CC[C@@H](O)C2)c1. The maximum atomic E-state index is 11.8. The molecule has 0 bridgehead atoms. The highest BCUT2D eigenvalue weighted by atomic mass is 16.5. The predicted octanol–water partition coefficient (Wildman–Crippen LogP) is 1.22. The van der Waals surface area contributed by atoms with Crippen LogP contribution in [0.2, 0.25) is 0 Å². The topological polar surface area (TPSA) is 49.8 Å². The highest BCUT2D eigenvalue weighted by molar-refractivity contribution is 5.78. The second-order valence-corrected chi connectivity index (χ2v) is 4.57. The van der Waals surface area contributed by atoms with Crippen molar-refractivity contribution in [3.8, 4) is 5.75 Å². The van der Waals surface area contributed by atoms with Gasteiger partial charge in [-0.1, -0.05) is 19.1 Å². The number of carbonyl (C=O) groups is 1. The van der Waals surface area contributed by atoms with E-state index in [2.05, 4.69) is 6.92 Å². The number of aryl methyl sites for hydroxylation is 1. The lowest BCUT2D eigenvalue weighted by Gasteiger charge is -2.16. The standard InChI is InChI=1S/C14H19NO3/c1-2-11-4-3-5-13(8-11)18-10-14(17)15-7-6-12(16)9-15/h3-5,8,12,16H,2,6-7,9-10H2,1H3/t12-/m1/s1. The van der Waals surface area contributed by atoms with E-state index in [-0.39, 0.29) is 18.6 Å². The van der Waals surface area contributed by atoms with Crippen molar-refractivity contribution < 1.29 is 14.6 Å². The highest BCUT2D eigenvalue weighted by Gasteiger charge is 2.24. The molecule has 1 atom stereocenters. The van der Waals surface area contributed by atoms with Gasteiger partial charge in [-0.15, -0.1) is 0 Å². The van der Waals surface area contributed by atoms with E-state index in [1.807, 2.05) is 24.3 Å². The summed E-state index contributed by atoms with van der Waals surface area (Å²) in [4.78, 5) is 13.5. The molecule has 4 heteroatoms. The Labute approximate surface area is 107 Å². The molecule has 2 rings (SSSR count). The number of likely N-dealkylation sites (tertiary alicyclic amines) is 1. The minimum Gasteiger partial charge on any atom is -0.484 e. The number of rotatable bonds is 4. The second kappa shape index (κ2) is 5.87. The summed E-state index contributed by atoms with van der Waals surface area (Å²) in [6, 6.07) is 7.77. The zero-order chi connectivity index (χ0) is 13.0. The third-order valence-corrected chi connectivity index (χ3v) is 3.19. The maximum absolute atomic E-state index is 11.8. The number of hydrogen-bond donors (Lipinski definition) is 1. The first-order valence-corrected chi connectivity index (χ1v) is 6.36. The van der Waals surface area contributed by atoms with Crippen molar-refractivity contribution in [1.82, 2.24) is 4.90 Å². The van der Waals surface area contributed by atoms with Gasteiger partial charge in [0.05, 0.1) is 6.10 Å². The van der Waals surface area contributed by atoms with Gasteiger partial charge < -0.3 is 14.7 Å². The minimum absolute atomic E-state index is 0.0416. The van der Waals surface area contributed by atoms with Gasteiger partial charge in [0.2, 0.25) is 0 Å². The molecule has 1 saturated heterocycles. The number of benzene rings is 1.